The molecule has 148 valence electrons. The van der Waals surface area contributed by atoms with E-state index in [4.69, 9.17) is 21.1 Å². The number of nitrogens with zero attached hydrogens (tertiary/aromatic N) is 1. The predicted octanol–water partition coefficient (Wildman–Crippen LogP) is 2.61. The molecule has 0 amide bonds. The van der Waals surface area contributed by atoms with E-state index in [1.54, 1.807) is 6.07 Å². The molecular formula is C17H26Cl2N2O4S. The van der Waals surface area contributed by atoms with Gasteiger partial charge >= 0.3 is 0 Å². The highest BCUT2D eigenvalue weighted by molar-refractivity contribution is 7.89. The lowest BCUT2D eigenvalue weighted by Gasteiger charge is -2.44. The molecule has 9 heteroatoms. The molecule has 26 heavy (non-hydrogen) atoms. The highest BCUT2D eigenvalue weighted by Crippen LogP contribution is 2.35. The van der Waals surface area contributed by atoms with Crippen molar-refractivity contribution in [2.45, 2.75) is 37.2 Å². The van der Waals surface area contributed by atoms with Crippen molar-refractivity contribution in [3.63, 3.8) is 0 Å². The van der Waals surface area contributed by atoms with E-state index in [1.807, 2.05) is 13.8 Å². The highest BCUT2D eigenvalue weighted by Gasteiger charge is 2.42. The van der Waals surface area contributed by atoms with E-state index >= 15 is 0 Å². The molecule has 1 aromatic carbocycles. The summed E-state index contributed by atoms with van der Waals surface area (Å²) >= 11 is 6.20. The fraction of sp³-hybridized carbons (Fsp3) is 0.647. The fourth-order valence-electron chi connectivity index (χ4n) is 3.45. The first-order valence-corrected chi connectivity index (χ1v) is 10.5. The summed E-state index contributed by atoms with van der Waals surface area (Å²) in [6.07, 6.45) is 1.62. The average molecular weight is 425 g/mol. The Hall–Kier alpha value is -0.570. The second-order valence-electron chi connectivity index (χ2n) is 6.60. The number of halogens is 2. The lowest BCUT2D eigenvalue weighted by atomic mass is 9.91. The third-order valence-electron chi connectivity index (χ3n) is 4.87. The highest BCUT2D eigenvalue weighted by atomic mass is 35.5. The Morgan fingerprint density at radius 3 is 2.69 bits per heavy atom. The van der Waals surface area contributed by atoms with Gasteiger partial charge in [0.1, 0.15) is 10.6 Å². The number of rotatable bonds is 4. The summed E-state index contributed by atoms with van der Waals surface area (Å²) in [5, 5.41) is 3.72. The van der Waals surface area contributed by atoms with Crippen molar-refractivity contribution >= 4 is 34.0 Å². The fourth-order valence-corrected chi connectivity index (χ4v) is 5.31. The minimum Gasteiger partial charge on any atom is -0.492 e. The molecule has 0 aromatic heterocycles. The smallest absolute Gasteiger partial charge is 0.246 e. The van der Waals surface area contributed by atoms with Crippen LogP contribution in [0.25, 0.3) is 0 Å². The molecule has 2 saturated heterocycles. The molecule has 2 aliphatic heterocycles. The monoisotopic (exact) mass is 424 g/mol. The molecule has 0 radical (unpaired) electrons. The van der Waals surface area contributed by atoms with Crippen molar-refractivity contribution in [1.82, 2.24) is 9.62 Å². The van der Waals surface area contributed by atoms with Crippen molar-refractivity contribution in [1.29, 1.82) is 0 Å². The zero-order valence-electron chi connectivity index (χ0n) is 15.1. The van der Waals surface area contributed by atoms with Gasteiger partial charge in [0.15, 0.2) is 0 Å². The SMILES string of the molecule is CCOc1cc(C)c(Cl)cc1S(=O)(=O)N1CCOC2(CCNCC2)C1.Cl. The molecule has 1 spiro atoms. The maximum absolute atomic E-state index is 13.3. The van der Waals surface area contributed by atoms with Crippen LogP contribution in [0.5, 0.6) is 5.75 Å². The molecule has 0 atom stereocenters. The molecule has 1 aromatic rings. The zero-order valence-corrected chi connectivity index (χ0v) is 17.5. The van der Waals surface area contributed by atoms with Crippen molar-refractivity contribution < 1.29 is 17.9 Å². The van der Waals surface area contributed by atoms with Gasteiger partial charge in [-0.1, -0.05) is 11.6 Å². The Morgan fingerprint density at radius 2 is 2.04 bits per heavy atom. The van der Waals surface area contributed by atoms with E-state index in [2.05, 4.69) is 5.32 Å². The number of ether oxygens (including phenoxy) is 2. The lowest BCUT2D eigenvalue weighted by Crippen LogP contribution is -2.57. The van der Waals surface area contributed by atoms with E-state index < -0.39 is 15.6 Å². The molecular weight excluding hydrogens is 399 g/mol. The Kier molecular flexibility index (Phi) is 7.21. The van der Waals surface area contributed by atoms with E-state index in [0.29, 0.717) is 37.1 Å². The zero-order chi connectivity index (χ0) is 18.1. The molecule has 3 rings (SSSR count). The van der Waals surface area contributed by atoms with Crippen LogP contribution in [0.2, 0.25) is 5.02 Å². The largest absolute Gasteiger partial charge is 0.492 e. The van der Waals surface area contributed by atoms with Crippen LogP contribution in [0, 0.1) is 6.92 Å². The first kappa shape index (κ1) is 21.7. The number of sulfonamides is 1. The van der Waals surface area contributed by atoms with E-state index in [9.17, 15) is 8.42 Å². The third-order valence-corrected chi connectivity index (χ3v) is 7.14. The first-order chi connectivity index (χ1) is 11.9. The van der Waals surface area contributed by atoms with Crippen LogP contribution in [0.3, 0.4) is 0 Å². The van der Waals surface area contributed by atoms with Crippen molar-refractivity contribution in [2.75, 3.05) is 39.4 Å². The van der Waals surface area contributed by atoms with Crippen LogP contribution >= 0.6 is 24.0 Å². The van der Waals surface area contributed by atoms with Gasteiger partial charge in [-0.25, -0.2) is 8.42 Å². The number of morpholine rings is 1. The Bertz CT molecular complexity index is 731. The number of piperidine rings is 1. The Morgan fingerprint density at radius 1 is 1.35 bits per heavy atom. The van der Waals surface area contributed by atoms with Crippen LogP contribution in [-0.4, -0.2) is 57.7 Å². The number of aryl methyl sites for hydroxylation is 1. The molecule has 2 heterocycles. The van der Waals surface area contributed by atoms with Gasteiger partial charge in [-0.05, 0) is 57.5 Å². The summed E-state index contributed by atoms with van der Waals surface area (Å²) in [7, 11) is -3.71. The van der Waals surface area contributed by atoms with Gasteiger partial charge in [0, 0.05) is 18.1 Å². The minimum atomic E-state index is -3.71. The number of benzene rings is 1. The molecule has 6 nitrogen and oxygen atoms in total. The average Bonchev–Trinajstić information content (AvgIpc) is 2.59. The maximum atomic E-state index is 13.3. The van der Waals surface area contributed by atoms with Gasteiger partial charge in [-0.3, -0.25) is 0 Å². The van der Waals surface area contributed by atoms with Crippen LogP contribution < -0.4 is 10.1 Å². The quantitative estimate of drug-likeness (QED) is 0.804. The predicted molar refractivity (Wildman–Crippen MR) is 104 cm³/mol. The summed E-state index contributed by atoms with van der Waals surface area (Å²) in [6, 6.07) is 3.20. The summed E-state index contributed by atoms with van der Waals surface area (Å²) in [5.41, 5.74) is 0.400. The van der Waals surface area contributed by atoms with Gasteiger partial charge in [0.25, 0.3) is 0 Å². The topological polar surface area (TPSA) is 67.9 Å². The van der Waals surface area contributed by atoms with Crippen LogP contribution in [0.4, 0.5) is 0 Å². The third kappa shape index (κ3) is 4.29. The summed E-state index contributed by atoms with van der Waals surface area (Å²) in [5.74, 6) is 0.357. The van der Waals surface area contributed by atoms with Gasteiger partial charge in [-0.2, -0.15) is 4.31 Å². The maximum Gasteiger partial charge on any atom is 0.246 e. The van der Waals surface area contributed by atoms with E-state index in [0.717, 1.165) is 31.5 Å². The van der Waals surface area contributed by atoms with Crippen molar-refractivity contribution in [2.24, 2.45) is 0 Å². The number of nitrogens with one attached hydrogen (secondary N) is 1. The molecule has 0 saturated carbocycles. The lowest BCUT2D eigenvalue weighted by molar-refractivity contribution is -0.105. The number of hydrogen-bond donors (Lipinski definition) is 1. The van der Waals surface area contributed by atoms with Crippen molar-refractivity contribution in [3.8, 4) is 5.75 Å². The Balaban J connectivity index is 0.00000243. The number of hydrogen-bond acceptors (Lipinski definition) is 5. The van der Waals surface area contributed by atoms with Crippen molar-refractivity contribution in [3.05, 3.63) is 22.7 Å². The molecule has 0 aliphatic carbocycles. The van der Waals surface area contributed by atoms with E-state index in [-0.39, 0.29) is 17.3 Å². The van der Waals surface area contributed by atoms with Gasteiger partial charge in [0.2, 0.25) is 10.0 Å². The Labute approximate surface area is 166 Å². The minimum absolute atomic E-state index is 0. The normalized spacial score (nSPS) is 20.6. The van der Waals surface area contributed by atoms with Gasteiger partial charge < -0.3 is 14.8 Å². The van der Waals surface area contributed by atoms with Crippen LogP contribution in [0.15, 0.2) is 17.0 Å². The summed E-state index contributed by atoms with van der Waals surface area (Å²) in [4.78, 5) is 0.135. The molecule has 2 aliphatic rings. The molecule has 2 fully saturated rings. The summed E-state index contributed by atoms with van der Waals surface area (Å²) in [6.45, 7) is 6.86. The molecule has 1 N–H and O–H groups in total. The van der Waals surface area contributed by atoms with Gasteiger partial charge in [0.05, 0.1) is 18.8 Å². The second kappa shape index (κ2) is 8.63. The van der Waals surface area contributed by atoms with Crippen LogP contribution in [-0.2, 0) is 14.8 Å². The van der Waals surface area contributed by atoms with Crippen LogP contribution in [0.1, 0.15) is 25.3 Å². The standard InChI is InChI=1S/C17H25ClN2O4S.ClH/c1-3-23-15-10-13(2)14(18)11-16(15)25(21,22)20-8-9-24-17(12-20)4-6-19-7-5-17;/h10-11,19H,3-9,12H2,1-2H3;1H. The summed E-state index contributed by atoms with van der Waals surface area (Å²) < 4.78 is 39.7. The molecule has 0 bridgehead atoms. The first-order valence-electron chi connectivity index (χ1n) is 8.66. The molecule has 0 unspecified atom stereocenters. The van der Waals surface area contributed by atoms with Gasteiger partial charge in [-0.15, -0.1) is 12.4 Å². The van der Waals surface area contributed by atoms with E-state index in [1.165, 1.54) is 10.4 Å². The second-order valence-corrected chi connectivity index (χ2v) is 8.91.